The molecule has 1 heterocycles. The lowest BCUT2D eigenvalue weighted by molar-refractivity contribution is 0.0904. The molecule has 0 aliphatic rings. The number of carbonyl (C=O) groups is 1. The van der Waals surface area contributed by atoms with Crippen molar-refractivity contribution in [3.8, 4) is 5.75 Å². The number of aliphatic hydroxyl groups is 1. The summed E-state index contributed by atoms with van der Waals surface area (Å²) >= 11 is 11.8. The molecule has 8 heteroatoms. The molecule has 0 radical (unpaired) electrons. The highest BCUT2D eigenvalue weighted by molar-refractivity contribution is 6.34. The van der Waals surface area contributed by atoms with Crippen molar-refractivity contribution in [1.29, 1.82) is 0 Å². The average molecular weight is 379 g/mol. The number of hydrogen-bond donors (Lipinski definition) is 2. The number of fused-ring (bicyclic) bond motifs is 1. The minimum Gasteiger partial charge on any atom is -0.486 e. The van der Waals surface area contributed by atoms with E-state index in [1.165, 1.54) is 18.2 Å². The molecule has 128 valence electrons. The lowest BCUT2D eigenvalue weighted by Crippen LogP contribution is -2.14. The minimum absolute atomic E-state index is 0.0139. The Morgan fingerprint density at radius 3 is 2.56 bits per heavy atom. The van der Waals surface area contributed by atoms with Gasteiger partial charge >= 0.3 is 0 Å². The number of hydrogen-bond acceptors (Lipinski definition) is 5. The Kier molecular flexibility index (Phi) is 5.03. The number of aromatic nitrogens is 2. The van der Waals surface area contributed by atoms with Gasteiger partial charge in [-0.2, -0.15) is 0 Å². The van der Waals surface area contributed by atoms with Crippen LogP contribution in [-0.4, -0.2) is 27.5 Å². The lowest BCUT2D eigenvalue weighted by atomic mass is 10.1. The van der Waals surface area contributed by atoms with Crippen molar-refractivity contribution in [2.75, 3.05) is 6.61 Å². The molecule has 25 heavy (non-hydrogen) atoms. The summed E-state index contributed by atoms with van der Waals surface area (Å²) in [5, 5.41) is 10.1. The van der Waals surface area contributed by atoms with Gasteiger partial charge in [-0.25, -0.2) is 4.98 Å². The third-order valence-electron chi connectivity index (χ3n) is 3.43. The van der Waals surface area contributed by atoms with Crippen molar-refractivity contribution >= 4 is 39.9 Å². The van der Waals surface area contributed by atoms with Gasteiger partial charge in [0.25, 0.3) is 5.56 Å². The SMILES string of the molecule is O=C(CO)c1ccc2c(=O)[nH]c(COc3cc(Cl)cc(Cl)c3)nc2c1. The predicted molar refractivity (Wildman–Crippen MR) is 94.6 cm³/mol. The van der Waals surface area contributed by atoms with E-state index in [9.17, 15) is 9.59 Å². The van der Waals surface area contributed by atoms with Crippen LogP contribution in [0.5, 0.6) is 5.75 Å². The van der Waals surface area contributed by atoms with Crippen molar-refractivity contribution in [1.82, 2.24) is 9.97 Å². The van der Waals surface area contributed by atoms with Crippen LogP contribution in [0.25, 0.3) is 10.9 Å². The van der Waals surface area contributed by atoms with Gasteiger partial charge in [-0.15, -0.1) is 0 Å². The minimum atomic E-state index is -0.611. The zero-order chi connectivity index (χ0) is 18.0. The Labute approximate surface area is 152 Å². The fourth-order valence-electron chi connectivity index (χ4n) is 2.28. The van der Waals surface area contributed by atoms with E-state index in [-0.39, 0.29) is 23.6 Å². The molecule has 0 saturated heterocycles. The summed E-state index contributed by atoms with van der Waals surface area (Å²) in [5.74, 6) is 0.266. The fourth-order valence-corrected chi connectivity index (χ4v) is 2.79. The van der Waals surface area contributed by atoms with Gasteiger partial charge in [0.1, 0.15) is 24.8 Å². The largest absolute Gasteiger partial charge is 0.486 e. The Hall–Kier alpha value is -2.41. The predicted octanol–water partition coefficient (Wildman–Crippen LogP) is 2.98. The smallest absolute Gasteiger partial charge is 0.258 e. The van der Waals surface area contributed by atoms with Crippen LogP contribution in [0.1, 0.15) is 16.2 Å². The number of ketones is 1. The monoisotopic (exact) mass is 378 g/mol. The number of halogens is 2. The van der Waals surface area contributed by atoms with Gasteiger partial charge in [-0.1, -0.05) is 29.3 Å². The number of H-pyrrole nitrogens is 1. The van der Waals surface area contributed by atoms with Crippen LogP contribution in [0.15, 0.2) is 41.2 Å². The van der Waals surface area contributed by atoms with Crippen LogP contribution in [0.4, 0.5) is 0 Å². The molecule has 3 rings (SSSR count). The first-order chi connectivity index (χ1) is 12.0. The number of nitrogens with one attached hydrogen (secondary N) is 1. The van der Waals surface area contributed by atoms with Crippen LogP contribution in [0.2, 0.25) is 10.0 Å². The molecule has 0 fully saturated rings. The summed E-state index contributed by atoms with van der Waals surface area (Å²) in [7, 11) is 0. The van der Waals surface area contributed by atoms with Crippen LogP contribution in [0.3, 0.4) is 0 Å². The molecule has 0 aliphatic heterocycles. The lowest BCUT2D eigenvalue weighted by Gasteiger charge is -2.08. The average Bonchev–Trinajstić information content (AvgIpc) is 2.58. The third kappa shape index (κ3) is 3.99. The van der Waals surface area contributed by atoms with E-state index < -0.39 is 12.4 Å². The van der Waals surface area contributed by atoms with E-state index in [1.54, 1.807) is 18.2 Å². The highest BCUT2D eigenvalue weighted by Gasteiger charge is 2.10. The van der Waals surface area contributed by atoms with Gasteiger partial charge in [0, 0.05) is 15.6 Å². The maximum atomic E-state index is 12.1. The number of carbonyl (C=O) groups excluding carboxylic acids is 1. The molecule has 0 spiro atoms. The van der Waals surface area contributed by atoms with E-state index in [2.05, 4.69) is 9.97 Å². The van der Waals surface area contributed by atoms with Crippen molar-refractivity contribution in [3.05, 3.63) is 68.2 Å². The molecule has 6 nitrogen and oxygen atoms in total. The van der Waals surface area contributed by atoms with Gasteiger partial charge in [-0.05, 0) is 30.3 Å². The summed E-state index contributed by atoms with van der Waals surface area (Å²) in [6.07, 6.45) is 0. The number of ether oxygens (including phenoxy) is 1. The summed E-state index contributed by atoms with van der Waals surface area (Å²) in [5.41, 5.74) is 0.267. The van der Waals surface area contributed by atoms with Crippen LogP contribution < -0.4 is 10.3 Å². The molecule has 2 aromatic carbocycles. The molecule has 2 N–H and O–H groups in total. The Morgan fingerprint density at radius 1 is 1.16 bits per heavy atom. The summed E-state index contributed by atoms with van der Waals surface area (Å²) in [6.45, 7) is -0.625. The number of nitrogens with zero attached hydrogens (tertiary/aromatic N) is 1. The number of aromatic amines is 1. The number of benzene rings is 2. The molecule has 0 saturated carbocycles. The zero-order valence-corrected chi connectivity index (χ0v) is 14.3. The second kappa shape index (κ2) is 7.23. The van der Waals surface area contributed by atoms with Crippen molar-refractivity contribution in [3.63, 3.8) is 0 Å². The molecule has 0 atom stereocenters. The van der Waals surface area contributed by atoms with Crippen LogP contribution in [-0.2, 0) is 6.61 Å². The van der Waals surface area contributed by atoms with E-state index in [0.29, 0.717) is 26.7 Å². The molecular formula is C17H12Cl2N2O4. The molecule has 0 unspecified atom stereocenters. The topological polar surface area (TPSA) is 92.3 Å². The quantitative estimate of drug-likeness (QED) is 0.665. The molecule has 3 aromatic rings. The normalized spacial score (nSPS) is 10.8. The molecular weight excluding hydrogens is 367 g/mol. The molecule has 1 aromatic heterocycles. The maximum Gasteiger partial charge on any atom is 0.258 e. The Morgan fingerprint density at radius 2 is 1.88 bits per heavy atom. The van der Waals surface area contributed by atoms with Gasteiger partial charge in [0.2, 0.25) is 0 Å². The van der Waals surface area contributed by atoms with Crippen LogP contribution >= 0.6 is 23.2 Å². The van der Waals surface area contributed by atoms with Crippen LogP contribution in [0, 0.1) is 0 Å². The second-order valence-corrected chi connectivity index (χ2v) is 6.09. The van der Waals surface area contributed by atoms with Crippen molar-refractivity contribution in [2.45, 2.75) is 6.61 Å². The molecule has 0 amide bonds. The van der Waals surface area contributed by atoms with Gasteiger partial charge < -0.3 is 14.8 Å². The standard InChI is InChI=1S/C17H12Cl2N2O4/c18-10-4-11(19)6-12(5-10)25-8-16-20-14-3-9(15(23)7-22)1-2-13(14)17(24)21-16/h1-6,22H,7-8H2,(H,20,21,24). The molecule has 0 aliphatic carbocycles. The Bertz CT molecular complexity index is 997. The number of rotatable bonds is 5. The third-order valence-corrected chi connectivity index (χ3v) is 3.87. The molecule has 0 bridgehead atoms. The van der Waals surface area contributed by atoms with Gasteiger partial charge in [0.15, 0.2) is 5.78 Å². The fraction of sp³-hybridized carbons (Fsp3) is 0.118. The Balaban J connectivity index is 1.91. The summed E-state index contributed by atoms with van der Waals surface area (Å²) < 4.78 is 5.55. The van der Waals surface area contributed by atoms with E-state index in [4.69, 9.17) is 33.0 Å². The zero-order valence-electron chi connectivity index (χ0n) is 12.8. The highest BCUT2D eigenvalue weighted by Crippen LogP contribution is 2.24. The number of Topliss-reactive ketones (excluding diaryl/α,β-unsaturated/α-hetero) is 1. The van der Waals surface area contributed by atoms with E-state index >= 15 is 0 Å². The van der Waals surface area contributed by atoms with Gasteiger partial charge in [-0.3, -0.25) is 9.59 Å². The summed E-state index contributed by atoms with van der Waals surface area (Å²) in [4.78, 5) is 30.6. The van der Waals surface area contributed by atoms with Gasteiger partial charge in [0.05, 0.1) is 10.9 Å². The number of aliphatic hydroxyl groups excluding tert-OH is 1. The van der Waals surface area contributed by atoms with Crippen molar-refractivity contribution < 1.29 is 14.6 Å². The summed E-state index contributed by atoms with van der Waals surface area (Å²) in [6, 6.07) is 9.18. The first-order valence-electron chi connectivity index (χ1n) is 7.22. The van der Waals surface area contributed by atoms with E-state index in [1.807, 2.05) is 0 Å². The highest BCUT2D eigenvalue weighted by atomic mass is 35.5. The maximum absolute atomic E-state index is 12.1. The second-order valence-electron chi connectivity index (χ2n) is 5.22. The van der Waals surface area contributed by atoms with E-state index in [0.717, 1.165) is 0 Å². The first-order valence-corrected chi connectivity index (χ1v) is 7.98. The first kappa shape index (κ1) is 17.4. The van der Waals surface area contributed by atoms with Crippen molar-refractivity contribution in [2.24, 2.45) is 0 Å².